The molecule has 19 heavy (non-hydrogen) atoms. The van der Waals surface area contributed by atoms with Crippen molar-refractivity contribution < 1.29 is 22.8 Å². The van der Waals surface area contributed by atoms with E-state index in [-0.39, 0.29) is 21.6 Å². The van der Waals surface area contributed by atoms with Crippen LogP contribution in [0.5, 0.6) is 0 Å². The average Bonchev–Trinajstić information content (AvgIpc) is 2.85. The van der Waals surface area contributed by atoms with Gasteiger partial charge in [0.05, 0.1) is 0 Å². The van der Waals surface area contributed by atoms with E-state index < -0.39 is 16.0 Å². The molecule has 0 aliphatic carbocycles. The third kappa shape index (κ3) is 2.74. The molecule has 0 aliphatic rings. The van der Waals surface area contributed by atoms with Crippen molar-refractivity contribution in [3.8, 4) is 0 Å². The van der Waals surface area contributed by atoms with Crippen molar-refractivity contribution >= 4 is 33.3 Å². The van der Waals surface area contributed by atoms with Crippen LogP contribution in [0, 0.1) is 13.8 Å². The minimum atomic E-state index is -3.94. The highest BCUT2D eigenvalue weighted by Gasteiger charge is 2.24. The molecule has 0 fully saturated rings. The average molecular weight is 303 g/mol. The predicted octanol–water partition coefficient (Wildman–Crippen LogP) is 1.25. The molecule has 2 aromatic rings. The smallest absolute Gasteiger partial charge is 0.345 e. The van der Waals surface area contributed by atoms with Crippen molar-refractivity contribution in [3.63, 3.8) is 0 Å². The lowest BCUT2D eigenvalue weighted by Crippen LogP contribution is -2.13. The van der Waals surface area contributed by atoms with Crippen LogP contribution >= 0.6 is 11.3 Å². The van der Waals surface area contributed by atoms with E-state index in [4.69, 9.17) is 5.11 Å². The number of rotatable bonds is 4. The van der Waals surface area contributed by atoms with Crippen LogP contribution in [0.4, 0.5) is 6.01 Å². The van der Waals surface area contributed by atoms with Crippen LogP contribution in [0.3, 0.4) is 0 Å². The highest BCUT2D eigenvalue weighted by Crippen LogP contribution is 2.27. The Morgan fingerprint density at radius 1 is 1.47 bits per heavy atom. The van der Waals surface area contributed by atoms with Crippen LogP contribution in [0.15, 0.2) is 15.5 Å². The number of carbonyl (C=O) groups is 1. The molecule has 0 radical (unpaired) electrons. The first-order valence-electron chi connectivity index (χ1n) is 4.96. The van der Waals surface area contributed by atoms with Crippen LogP contribution in [0.25, 0.3) is 0 Å². The normalized spacial score (nSPS) is 11.5. The van der Waals surface area contributed by atoms with E-state index in [0.717, 1.165) is 17.4 Å². The standard InChI is InChI=1S/C9H9N3O5S2/c1-4-7(3-6(18-4)8(13)14)19(15,16)12-9-10-5(2)11-17-9/h3H,1-2H3,(H,13,14)(H,10,11,12). The van der Waals surface area contributed by atoms with Gasteiger partial charge < -0.3 is 9.63 Å². The second kappa shape index (κ2) is 4.63. The molecule has 0 spiro atoms. The number of thiophene rings is 1. The van der Waals surface area contributed by atoms with Gasteiger partial charge in [-0.1, -0.05) is 5.16 Å². The highest BCUT2D eigenvalue weighted by molar-refractivity contribution is 7.92. The Kier molecular flexibility index (Phi) is 3.28. The van der Waals surface area contributed by atoms with E-state index in [1.54, 1.807) is 6.92 Å². The second-order valence-electron chi connectivity index (χ2n) is 3.59. The lowest BCUT2D eigenvalue weighted by atomic mass is 10.4. The van der Waals surface area contributed by atoms with Gasteiger partial charge in [0.25, 0.3) is 10.0 Å². The van der Waals surface area contributed by atoms with Gasteiger partial charge in [-0.3, -0.25) is 0 Å². The second-order valence-corrected chi connectivity index (χ2v) is 6.50. The minimum Gasteiger partial charge on any atom is -0.477 e. The SMILES string of the molecule is Cc1noc(NS(=O)(=O)c2cc(C(=O)O)sc2C)n1. The lowest BCUT2D eigenvalue weighted by Gasteiger charge is -2.01. The number of nitrogens with one attached hydrogen (secondary N) is 1. The van der Waals surface area contributed by atoms with E-state index in [9.17, 15) is 13.2 Å². The first-order chi connectivity index (χ1) is 8.79. The van der Waals surface area contributed by atoms with Gasteiger partial charge in [0.15, 0.2) is 5.82 Å². The summed E-state index contributed by atoms with van der Waals surface area (Å²) in [4.78, 5) is 14.7. The molecule has 0 amide bonds. The van der Waals surface area contributed by atoms with Crippen molar-refractivity contribution in [3.05, 3.63) is 21.6 Å². The summed E-state index contributed by atoms with van der Waals surface area (Å²) >= 11 is 0.880. The summed E-state index contributed by atoms with van der Waals surface area (Å²) in [5.74, 6) is -0.894. The van der Waals surface area contributed by atoms with Gasteiger partial charge in [0, 0.05) is 4.88 Å². The van der Waals surface area contributed by atoms with E-state index in [2.05, 4.69) is 19.4 Å². The summed E-state index contributed by atoms with van der Waals surface area (Å²) in [6.07, 6.45) is 0. The van der Waals surface area contributed by atoms with Crippen LogP contribution in [-0.2, 0) is 10.0 Å². The van der Waals surface area contributed by atoms with Crippen molar-refractivity contribution in [2.45, 2.75) is 18.7 Å². The third-order valence-corrected chi connectivity index (χ3v) is 4.74. The summed E-state index contributed by atoms with van der Waals surface area (Å²) in [6, 6.07) is 0.827. The van der Waals surface area contributed by atoms with Gasteiger partial charge in [-0.25, -0.2) is 17.9 Å². The monoisotopic (exact) mass is 303 g/mol. The predicted molar refractivity (Wildman–Crippen MR) is 65.9 cm³/mol. The van der Waals surface area contributed by atoms with Gasteiger partial charge in [-0.15, -0.1) is 11.3 Å². The molecule has 0 unspecified atom stereocenters. The molecular weight excluding hydrogens is 294 g/mol. The van der Waals surface area contributed by atoms with Gasteiger partial charge in [0.2, 0.25) is 0 Å². The Morgan fingerprint density at radius 2 is 2.16 bits per heavy atom. The molecule has 0 saturated heterocycles. The molecule has 0 aliphatic heterocycles. The van der Waals surface area contributed by atoms with Gasteiger partial charge in [0.1, 0.15) is 9.77 Å². The molecule has 2 rings (SSSR count). The van der Waals surface area contributed by atoms with E-state index in [0.29, 0.717) is 4.88 Å². The van der Waals surface area contributed by atoms with Crippen LogP contribution in [-0.4, -0.2) is 29.6 Å². The Bertz CT molecular complexity index is 731. The largest absolute Gasteiger partial charge is 0.477 e. The number of aromatic nitrogens is 2. The van der Waals surface area contributed by atoms with Crippen molar-refractivity contribution in [1.82, 2.24) is 10.1 Å². The Morgan fingerprint density at radius 3 is 2.63 bits per heavy atom. The van der Waals surface area contributed by atoms with Crippen LogP contribution in [0.2, 0.25) is 0 Å². The maximum atomic E-state index is 12.0. The van der Waals surface area contributed by atoms with Gasteiger partial charge in [-0.2, -0.15) is 4.98 Å². The molecule has 0 atom stereocenters. The van der Waals surface area contributed by atoms with Gasteiger partial charge >= 0.3 is 12.0 Å². The molecule has 2 aromatic heterocycles. The van der Waals surface area contributed by atoms with E-state index in [1.165, 1.54) is 6.92 Å². The number of hydrogen-bond donors (Lipinski definition) is 2. The zero-order valence-corrected chi connectivity index (χ0v) is 11.5. The molecule has 102 valence electrons. The lowest BCUT2D eigenvalue weighted by molar-refractivity contribution is 0.0702. The fourth-order valence-corrected chi connectivity index (χ4v) is 3.70. The van der Waals surface area contributed by atoms with Crippen LogP contribution in [0.1, 0.15) is 20.4 Å². The van der Waals surface area contributed by atoms with E-state index >= 15 is 0 Å². The number of sulfonamides is 1. The number of aromatic carboxylic acids is 1. The van der Waals surface area contributed by atoms with Crippen molar-refractivity contribution in [2.24, 2.45) is 0 Å². The summed E-state index contributed by atoms with van der Waals surface area (Å²) in [5.41, 5.74) is 0. The maximum Gasteiger partial charge on any atom is 0.345 e. The zero-order chi connectivity index (χ0) is 14.2. The molecule has 10 heteroatoms. The summed E-state index contributed by atoms with van der Waals surface area (Å²) in [7, 11) is -3.94. The maximum absolute atomic E-state index is 12.0. The first kappa shape index (κ1) is 13.5. The molecule has 0 saturated carbocycles. The number of anilines is 1. The summed E-state index contributed by atoms with van der Waals surface area (Å²) < 4.78 is 30.8. The van der Waals surface area contributed by atoms with Crippen molar-refractivity contribution in [2.75, 3.05) is 4.72 Å². The Labute approximate surface area is 112 Å². The van der Waals surface area contributed by atoms with Gasteiger partial charge in [-0.05, 0) is 19.9 Å². The van der Waals surface area contributed by atoms with Crippen molar-refractivity contribution in [1.29, 1.82) is 0 Å². The minimum absolute atomic E-state index is 0.0559. The molecule has 2 heterocycles. The number of carboxylic acids is 1. The highest BCUT2D eigenvalue weighted by atomic mass is 32.2. The molecule has 0 aromatic carbocycles. The summed E-state index contributed by atoms with van der Waals surface area (Å²) in [6.45, 7) is 3.06. The number of nitrogens with zero attached hydrogens (tertiary/aromatic N) is 2. The fourth-order valence-electron chi connectivity index (χ4n) is 1.35. The quantitative estimate of drug-likeness (QED) is 0.871. The van der Waals surface area contributed by atoms with E-state index in [1.807, 2.05) is 0 Å². The molecule has 8 nitrogen and oxygen atoms in total. The van der Waals surface area contributed by atoms with Crippen LogP contribution < -0.4 is 4.72 Å². The Hall–Kier alpha value is -1.94. The first-order valence-corrected chi connectivity index (χ1v) is 7.26. The summed E-state index contributed by atoms with van der Waals surface area (Å²) in [5, 5.41) is 12.3. The molecule has 2 N–H and O–H groups in total. The number of aryl methyl sites for hydroxylation is 2. The third-order valence-electron chi connectivity index (χ3n) is 2.12. The Balaban J connectivity index is 2.37. The topological polar surface area (TPSA) is 122 Å². The number of hydrogen-bond acceptors (Lipinski definition) is 7. The fraction of sp³-hybridized carbons (Fsp3) is 0.222. The molecule has 0 bridgehead atoms. The number of carboxylic acid groups (broad SMARTS) is 1. The molecular formula is C9H9N3O5S2. The zero-order valence-electron chi connectivity index (χ0n) is 9.87.